The molecule has 3 aromatic carbocycles. The van der Waals surface area contributed by atoms with Crippen LogP contribution in [0.15, 0.2) is 83.5 Å². The van der Waals surface area contributed by atoms with Crippen LogP contribution in [-0.2, 0) is 20.9 Å². The summed E-state index contributed by atoms with van der Waals surface area (Å²) in [5, 5.41) is 2.69. The molecule has 0 unspecified atom stereocenters. The van der Waals surface area contributed by atoms with Gasteiger partial charge in [0.1, 0.15) is 6.61 Å². The maximum absolute atomic E-state index is 12.3. The molecule has 0 fully saturated rings. The lowest BCUT2D eigenvalue weighted by atomic mass is 10.1. The number of nitrogens with one attached hydrogen (secondary N) is 1. The molecule has 7 nitrogen and oxygen atoms in total. The van der Waals surface area contributed by atoms with Crippen LogP contribution in [0.25, 0.3) is 6.08 Å². The number of hydrogen-bond donors (Lipinski definition) is 1. The highest BCUT2D eigenvalue weighted by Crippen LogP contribution is 2.30. The number of ether oxygens (including phenoxy) is 3. The summed E-state index contributed by atoms with van der Waals surface area (Å²) >= 11 is 0. The van der Waals surface area contributed by atoms with Crippen LogP contribution in [0.5, 0.6) is 11.5 Å². The first kappa shape index (κ1) is 21.8. The molecule has 0 saturated carbocycles. The van der Waals surface area contributed by atoms with Crippen molar-refractivity contribution >= 4 is 29.5 Å². The summed E-state index contributed by atoms with van der Waals surface area (Å²) in [5.74, 6) is 0.643. The van der Waals surface area contributed by atoms with Crippen molar-refractivity contribution in [2.45, 2.75) is 13.5 Å². The Hall–Kier alpha value is -4.39. The number of benzene rings is 3. The predicted octanol–water partition coefficient (Wildman–Crippen LogP) is 4.58. The lowest BCUT2D eigenvalue weighted by Crippen LogP contribution is -2.07. The summed E-state index contributed by atoms with van der Waals surface area (Å²) in [6.07, 6.45) is 1.63. The highest BCUT2D eigenvalue weighted by Gasteiger charge is 2.24. The Labute approximate surface area is 191 Å². The highest BCUT2D eigenvalue weighted by molar-refractivity contribution is 6.13. The van der Waals surface area contributed by atoms with E-state index in [9.17, 15) is 9.59 Å². The van der Waals surface area contributed by atoms with E-state index >= 15 is 0 Å². The Morgan fingerprint density at radius 2 is 1.79 bits per heavy atom. The van der Waals surface area contributed by atoms with Crippen molar-refractivity contribution < 1.29 is 23.8 Å². The first-order valence-corrected chi connectivity index (χ1v) is 10.3. The largest absolute Gasteiger partial charge is 0.493 e. The number of esters is 1. The molecule has 33 heavy (non-hydrogen) atoms. The number of cyclic esters (lactones) is 1. The van der Waals surface area contributed by atoms with Crippen molar-refractivity contribution in [2.75, 3.05) is 12.4 Å². The molecule has 7 heteroatoms. The number of carbonyl (C=O) groups is 2. The van der Waals surface area contributed by atoms with E-state index in [0.29, 0.717) is 29.4 Å². The van der Waals surface area contributed by atoms with Gasteiger partial charge in [0, 0.05) is 18.2 Å². The van der Waals surface area contributed by atoms with Crippen molar-refractivity contribution in [2.24, 2.45) is 4.99 Å². The molecule has 1 aliphatic rings. The SMILES string of the molecule is COc1cc(/C=C2\N=C(c3ccc(NC(C)=O)cc3)OC2=O)ccc1OCc1ccccc1. The summed E-state index contributed by atoms with van der Waals surface area (Å²) in [6, 6.07) is 22.1. The predicted molar refractivity (Wildman–Crippen MR) is 125 cm³/mol. The summed E-state index contributed by atoms with van der Waals surface area (Å²) in [6.45, 7) is 1.85. The second-order valence-corrected chi connectivity index (χ2v) is 7.28. The molecule has 0 saturated heterocycles. The van der Waals surface area contributed by atoms with Gasteiger partial charge in [-0.25, -0.2) is 9.79 Å². The second kappa shape index (κ2) is 9.82. The van der Waals surface area contributed by atoms with Gasteiger partial charge >= 0.3 is 5.97 Å². The van der Waals surface area contributed by atoms with Gasteiger partial charge < -0.3 is 19.5 Å². The minimum atomic E-state index is -0.542. The number of carbonyl (C=O) groups excluding carboxylic acids is 2. The Kier molecular flexibility index (Phi) is 6.50. The van der Waals surface area contributed by atoms with Crippen LogP contribution in [0.4, 0.5) is 5.69 Å². The van der Waals surface area contributed by atoms with E-state index in [1.54, 1.807) is 49.6 Å². The average molecular weight is 442 g/mol. The standard InChI is InChI=1S/C26H22N2O5/c1-17(29)27-21-11-9-20(10-12-21)25-28-22(26(30)33-25)14-19-8-13-23(24(15-19)31-2)32-16-18-6-4-3-5-7-18/h3-15H,16H2,1-2H3,(H,27,29)/b22-14-. The summed E-state index contributed by atoms with van der Waals surface area (Å²) in [4.78, 5) is 27.8. The van der Waals surface area contributed by atoms with Crippen molar-refractivity contribution in [3.05, 3.63) is 95.2 Å². The smallest absolute Gasteiger partial charge is 0.363 e. The molecule has 0 atom stereocenters. The van der Waals surface area contributed by atoms with Crippen molar-refractivity contribution in [1.29, 1.82) is 0 Å². The van der Waals surface area contributed by atoms with Gasteiger partial charge in [-0.3, -0.25) is 4.79 Å². The average Bonchev–Trinajstić information content (AvgIpc) is 3.19. The molecule has 0 aliphatic carbocycles. The molecular formula is C26H22N2O5. The van der Waals surface area contributed by atoms with Gasteiger partial charge in [-0.05, 0) is 53.6 Å². The van der Waals surface area contributed by atoms with Gasteiger partial charge in [0.05, 0.1) is 7.11 Å². The zero-order valence-electron chi connectivity index (χ0n) is 18.2. The third-order valence-corrected chi connectivity index (χ3v) is 4.80. The monoisotopic (exact) mass is 442 g/mol. The molecule has 1 amide bonds. The number of hydrogen-bond acceptors (Lipinski definition) is 6. The zero-order valence-corrected chi connectivity index (χ0v) is 18.2. The van der Waals surface area contributed by atoms with E-state index in [0.717, 1.165) is 11.1 Å². The highest BCUT2D eigenvalue weighted by atomic mass is 16.6. The molecule has 4 rings (SSSR count). The molecule has 1 aliphatic heterocycles. The molecule has 3 aromatic rings. The molecule has 0 spiro atoms. The number of methoxy groups -OCH3 is 1. The molecule has 0 radical (unpaired) electrons. The Balaban J connectivity index is 1.51. The maximum Gasteiger partial charge on any atom is 0.363 e. The van der Waals surface area contributed by atoms with Crippen LogP contribution in [0.3, 0.4) is 0 Å². The van der Waals surface area contributed by atoms with Crippen molar-refractivity contribution in [3.8, 4) is 11.5 Å². The molecule has 1 N–H and O–H groups in total. The lowest BCUT2D eigenvalue weighted by molar-refractivity contribution is -0.129. The molecule has 1 heterocycles. The van der Waals surface area contributed by atoms with Gasteiger partial charge in [0.25, 0.3) is 0 Å². The minimum absolute atomic E-state index is 0.162. The van der Waals surface area contributed by atoms with E-state index in [1.807, 2.05) is 36.4 Å². The third kappa shape index (κ3) is 5.46. The van der Waals surface area contributed by atoms with Crippen LogP contribution in [0, 0.1) is 0 Å². The van der Waals surface area contributed by atoms with Gasteiger partial charge in [0.2, 0.25) is 11.8 Å². The first-order valence-electron chi connectivity index (χ1n) is 10.3. The van der Waals surface area contributed by atoms with Gasteiger partial charge in [-0.1, -0.05) is 36.4 Å². The van der Waals surface area contributed by atoms with Gasteiger partial charge in [-0.2, -0.15) is 0 Å². The molecular weight excluding hydrogens is 420 g/mol. The fourth-order valence-electron chi connectivity index (χ4n) is 3.22. The molecule has 166 valence electrons. The fourth-order valence-corrected chi connectivity index (χ4v) is 3.22. The number of amides is 1. The van der Waals surface area contributed by atoms with E-state index in [-0.39, 0.29) is 17.5 Å². The van der Waals surface area contributed by atoms with E-state index in [2.05, 4.69) is 10.3 Å². The fraction of sp³-hybridized carbons (Fsp3) is 0.115. The first-order chi connectivity index (χ1) is 16.0. The summed E-state index contributed by atoms with van der Waals surface area (Å²) in [7, 11) is 1.56. The number of aliphatic imine (C=N–C) groups is 1. The third-order valence-electron chi connectivity index (χ3n) is 4.80. The van der Waals surface area contributed by atoms with Crippen LogP contribution < -0.4 is 14.8 Å². The van der Waals surface area contributed by atoms with E-state index < -0.39 is 5.97 Å². The van der Waals surface area contributed by atoms with Crippen LogP contribution in [0.1, 0.15) is 23.6 Å². The normalized spacial score (nSPS) is 13.9. The molecule has 0 aromatic heterocycles. The Morgan fingerprint density at radius 3 is 2.48 bits per heavy atom. The quantitative estimate of drug-likeness (QED) is 0.428. The van der Waals surface area contributed by atoms with Crippen LogP contribution in [0.2, 0.25) is 0 Å². The van der Waals surface area contributed by atoms with E-state index in [4.69, 9.17) is 14.2 Å². The Morgan fingerprint density at radius 1 is 1.03 bits per heavy atom. The minimum Gasteiger partial charge on any atom is -0.493 e. The zero-order chi connectivity index (χ0) is 23.2. The number of rotatable bonds is 7. The lowest BCUT2D eigenvalue weighted by Gasteiger charge is -2.11. The second-order valence-electron chi connectivity index (χ2n) is 7.28. The number of anilines is 1. The van der Waals surface area contributed by atoms with Crippen LogP contribution in [-0.4, -0.2) is 24.9 Å². The summed E-state index contributed by atoms with van der Waals surface area (Å²) in [5.41, 5.74) is 3.22. The van der Waals surface area contributed by atoms with Gasteiger partial charge in [-0.15, -0.1) is 0 Å². The number of nitrogens with zero attached hydrogens (tertiary/aromatic N) is 1. The Bertz CT molecular complexity index is 1230. The van der Waals surface area contributed by atoms with Gasteiger partial charge in [0.15, 0.2) is 17.2 Å². The van der Waals surface area contributed by atoms with Crippen molar-refractivity contribution in [1.82, 2.24) is 0 Å². The molecule has 0 bridgehead atoms. The topological polar surface area (TPSA) is 86.2 Å². The summed E-state index contributed by atoms with van der Waals surface area (Å²) < 4.78 is 16.7. The van der Waals surface area contributed by atoms with Crippen LogP contribution >= 0.6 is 0 Å². The van der Waals surface area contributed by atoms with E-state index in [1.165, 1.54) is 6.92 Å². The van der Waals surface area contributed by atoms with Crippen molar-refractivity contribution in [3.63, 3.8) is 0 Å². The maximum atomic E-state index is 12.3.